The molecule has 2 aliphatic heterocycles. The zero-order valence-corrected chi connectivity index (χ0v) is 30.8. The van der Waals surface area contributed by atoms with Crippen LogP contribution in [0, 0.1) is 0 Å². The van der Waals surface area contributed by atoms with E-state index in [1.165, 1.54) is 0 Å². The van der Waals surface area contributed by atoms with Gasteiger partial charge in [-0.1, -0.05) is 11.6 Å². The van der Waals surface area contributed by atoms with Crippen LogP contribution in [0.4, 0.5) is 68.5 Å². The molecule has 1 saturated heterocycles. The Kier molecular flexibility index (Phi) is 16.5. The van der Waals surface area contributed by atoms with E-state index in [-0.39, 0.29) is 12.5 Å². The molecule has 4 aromatic rings. The molecular weight excluding hydrogens is 857 g/mol. The Hall–Kier alpha value is -6.73. The molecule has 17 nitrogen and oxygen atoms in total. The van der Waals surface area contributed by atoms with Crippen molar-refractivity contribution in [2.75, 3.05) is 48.3 Å². The SMILES string of the molecule is O=C(COc1ccc2cc1CCc1cncc(c1)Nc1ncc(Cl)c(n1)N2)N1CCN(c2cnccn2)CC1.O=C(O)C(F)(F)F.O=C(O)C(F)(F)F.O=C(O)C(F)(F)F. The first-order valence-electron chi connectivity index (χ1n) is 16.4. The number of piperazine rings is 1. The van der Waals surface area contributed by atoms with Gasteiger partial charge in [0.15, 0.2) is 12.4 Å². The number of amides is 1. The monoisotopic (exact) mass is 885 g/mol. The summed E-state index contributed by atoms with van der Waals surface area (Å²) in [4.78, 5) is 65.3. The number of pyridine rings is 1. The molecule has 60 heavy (non-hydrogen) atoms. The first kappa shape index (κ1) is 47.6. The second-order valence-electron chi connectivity index (χ2n) is 11.7. The highest BCUT2D eigenvalue weighted by atomic mass is 35.5. The number of carboxylic acid groups (broad SMARTS) is 3. The first-order chi connectivity index (χ1) is 27.9. The van der Waals surface area contributed by atoms with Gasteiger partial charge in [-0.05, 0) is 48.2 Å². The average molecular weight is 886 g/mol. The lowest BCUT2D eigenvalue weighted by Gasteiger charge is -2.35. The van der Waals surface area contributed by atoms with Crippen LogP contribution in [0.2, 0.25) is 5.02 Å². The van der Waals surface area contributed by atoms with Crippen LogP contribution in [-0.4, -0.2) is 120 Å². The van der Waals surface area contributed by atoms with Crippen LogP contribution in [0.25, 0.3) is 0 Å². The van der Waals surface area contributed by atoms with E-state index in [0.717, 1.165) is 34.7 Å². The van der Waals surface area contributed by atoms with Crippen molar-refractivity contribution >= 4 is 64.4 Å². The molecule has 27 heteroatoms. The number of nitrogens with one attached hydrogen (secondary N) is 2. The van der Waals surface area contributed by atoms with E-state index in [2.05, 4.69) is 40.5 Å². The van der Waals surface area contributed by atoms with Gasteiger partial charge in [0.25, 0.3) is 5.91 Å². The van der Waals surface area contributed by atoms with Gasteiger partial charge in [-0.2, -0.15) is 44.5 Å². The number of hydrogen-bond donors (Lipinski definition) is 5. The van der Waals surface area contributed by atoms with Gasteiger partial charge in [-0.15, -0.1) is 0 Å². The van der Waals surface area contributed by atoms with E-state index in [1.807, 2.05) is 35.4 Å². The summed E-state index contributed by atoms with van der Waals surface area (Å²) in [5.41, 5.74) is 3.60. The van der Waals surface area contributed by atoms with Gasteiger partial charge in [0, 0.05) is 50.5 Å². The van der Waals surface area contributed by atoms with E-state index in [0.29, 0.717) is 55.1 Å². The molecule has 324 valence electrons. The van der Waals surface area contributed by atoms with Gasteiger partial charge in [0.1, 0.15) is 16.6 Å². The number of benzene rings is 1. The minimum Gasteiger partial charge on any atom is -0.483 e. The highest BCUT2D eigenvalue weighted by molar-refractivity contribution is 6.32. The summed E-state index contributed by atoms with van der Waals surface area (Å²) in [6.07, 6.45) is -3.64. The topological polar surface area (TPSA) is 233 Å². The zero-order chi connectivity index (χ0) is 44.8. The van der Waals surface area contributed by atoms with Crippen LogP contribution in [0.1, 0.15) is 11.1 Å². The highest BCUT2D eigenvalue weighted by Gasteiger charge is 2.39. The summed E-state index contributed by atoms with van der Waals surface area (Å²) < 4.78 is 101. The van der Waals surface area contributed by atoms with Crippen LogP contribution in [0.5, 0.6) is 5.75 Å². The Labute approximate surface area is 335 Å². The molecule has 5 N–H and O–H groups in total. The maximum absolute atomic E-state index is 13.0. The van der Waals surface area contributed by atoms with Crippen LogP contribution < -0.4 is 20.3 Å². The molecule has 0 radical (unpaired) electrons. The quantitative estimate of drug-likeness (QED) is 0.159. The van der Waals surface area contributed by atoms with Crippen LogP contribution >= 0.6 is 11.6 Å². The molecule has 0 spiro atoms. The number of nitrogens with zero attached hydrogens (tertiary/aromatic N) is 7. The molecule has 0 unspecified atom stereocenters. The van der Waals surface area contributed by atoms with Gasteiger partial charge in [0.05, 0.1) is 24.3 Å². The van der Waals surface area contributed by atoms with Crippen molar-refractivity contribution in [3.63, 3.8) is 0 Å². The third kappa shape index (κ3) is 15.6. The van der Waals surface area contributed by atoms with Crippen molar-refractivity contribution in [1.29, 1.82) is 0 Å². The lowest BCUT2D eigenvalue weighted by atomic mass is 10.0. The van der Waals surface area contributed by atoms with Crippen molar-refractivity contribution in [1.82, 2.24) is 29.8 Å². The summed E-state index contributed by atoms with van der Waals surface area (Å²) in [6.45, 7) is 2.57. The minimum absolute atomic E-state index is 0.0347. The molecule has 6 rings (SSSR count). The number of alkyl halides is 9. The molecule has 6 bridgehead atoms. The second kappa shape index (κ2) is 20.8. The maximum Gasteiger partial charge on any atom is 0.490 e. The minimum atomic E-state index is -5.08. The van der Waals surface area contributed by atoms with E-state index in [9.17, 15) is 44.3 Å². The summed E-state index contributed by atoms with van der Waals surface area (Å²) in [5.74, 6) is -5.93. The van der Waals surface area contributed by atoms with E-state index in [1.54, 1.807) is 31.0 Å². The number of aromatic nitrogens is 5. The van der Waals surface area contributed by atoms with Gasteiger partial charge in [-0.3, -0.25) is 14.8 Å². The highest BCUT2D eigenvalue weighted by Crippen LogP contribution is 2.30. The van der Waals surface area contributed by atoms with Crippen LogP contribution in [-0.2, 0) is 32.0 Å². The number of carboxylic acids is 3. The summed E-state index contributed by atoms with van der Waals surface area (Å²) in [5, 5.41) is 28.2. The molecule has 1 aromatic carbocycles. The Morgan fingerprint density at radius 1 is 0.717 bits per heavy atom. The number of ether oxygens (including phenoxy) is 1. The normalized spacial score (nSPS) is 13.5. The predicted molar refractivity (Wildman–Crippen MR) is 189 cm³/mol. The van der Waals surface area contributed by atoms with Crippen molar-refractivity contribution in [2.45, 2.75) is 31.4 Å². The lowest BCUT2D eigenvalue weighted by molar-refractivity contribution is -0.193. The number of fused-ring (bicyclic) bond motifs is 6. The van der Waals surface area contributed by atoms with E-state index >= 15 is 0 Å². The van der Waals surface area contributed by atoms with E-state index < -0.39 is 36.4 Å². The fraction of sp³-hybridized carbons (Fsp3) is 0.303. The average Bonchev–Trinajstić information content (AvgIpc) is 3.18. The van der Waals surface area contributed by atoms with Gasteiger partial charge in [0.2, 0.25) is 5.95 Å². The van der Waals surface area contributed by atoms with Crippen molar-refractivity contribution in [3.8, 4) is 5.75 Å². The summed E-state index contributed by atoms with van der Waals surface area (Å²) in [7, 11) is 0. The van der Waals surface area contributed by atoms with Crippen molar-refractivity contribution in [2.24, 2.45) is 0 Å². The standard InChI is InChI=1S/C27H26ClN9O2.3C2HF3O2/c28-22-15-32-27-34-21-11-18(13-30-14-21)1-2-19-12-20(33-26(22)35-27)3-4-23(19)39-17-25(38)37-9-7-36(8-10-37)24-16-29-5-6-31-24;3*3-2(4,5)1(6)7/h3-6,11-16H,1-2,7-10,17H2,(H2,32,33,34,35);3*(H,6,7). The molecular formula is C33H29ClF9N9O8. The Morgan fingerprint density at radius 2 is 1.32 bits per heavy atom. The molecule has 0 aliphatic carbocycles. The predicted octanol–water partition coefficient (Wildman–Crippen LogP) is 5.53. The number of aryl methyl sites for hydroxylation is 2. The lowest BCUT2D eigenvalue weighted by Crippen LogP contribution is -2.50. The smallest absolute Gasteiger partial charge is 0.483 e. The molecule has 0 saturated carbocycles. The molecule has 1 fully saturated rings. The van der Waals surface area contributed by atoms with Gasteiger partial charge in [-0.25, -0.2) is 24.4 Å². The Bertz CT molecular complexity index is 2050. The molecule has 3 aromatic heterocycles. The number of aliphatic carboxylic acids is 3. The third-order valence-corrected chi connectivity index (χ3v) is 7.66. The number of anilines is 5. The Morgan fingerprint density at radius 3 is 1.87 bits per heavy atom. The van der Waals surface area contributed by atoms with Crippen LogP contribution in [0.3, 0.4) is 0 Å². The van der Waals surface area contributed by atoms with E-state index in [4.69, 9.17) is 46.0 Å². The Balaban J connectivity index is 0.000000377. The summed E-state index contributed by atoms with van der Waals surface area (Å²) in [6, 6.07) is 7.78. The molecule has 0 atom stereocenters. The fourth-order valence-electron chi connectivity index (χ4n) is 4.62. The van der Waals surface area contributed by atoms with Gasteiger partial charge >= 0.3 is 36.4 Å². The zero-order valence-electron chi connectivity index (χ0n) is 30.0. The van der Waals surface area contributed by atoms with Crippen molar-refractivity contribution in [3.05, 3.63) is 77.6 Å². The number of halogens is 10. The fourth-order valence-corrected chi connectivity index (χ4v) is 4.75. The molecule has 5 heterocycles. The first-order valence-corrected chi connectivity index (χ1v) is 16.8. The number of carbonyl (C=O) groups is 4. The number of carbonyl (C=O) groups excluding carboxylic acids is 1. The molecule has 2 aliphatic rings. The molecule has 1 amide bonds. The third-order valence-electron chi connectivity index (χ3n) is 7.39. The number of rotatable bonds is 4. The summed E-state index contributed by atoms with van der Waals surface area (Å²) >= 11 is 6.36. The van der Waals surface area contributed by atoms with Crippen molar-refractivity contribution < 1.29 is 78.7 Å². The maximum atomic E-state index is 13.0. The number of hydrogen-bond acceptors (Lipinski definition) is 13. The largest absolute Gasteiger partial charge is 0.490 e. The van der Waals surface area contributed by atoms with Gasteiger partial charge < -0.3 is 40.5 Å². The van der Waals surface area contributed by atoms with Crippen LogP contribution in [0.15, 0.2) is 61.4 Å². The second-order valence-corrected chi connectivity index (χ2v) is 12.1.